The molecule has 0 amide bonds. The number of benzene rings is 1. The van der Waals surface area contributed by atoms with E-state index in [-0.39, 0.29) is 0 Å². The standard InChI is InChI=1S/C19H23NO/c1-20(15-18-11-7-13-21-18)19-12-6-5-10-17(19)14-16-8-3-2-4-9-16/h2-4,7-9,11,13-14,19H,5-6,10,12,15H2,1H3. The van der Waals surface area contributed by atoms with Gasteiger partial charge in [0.05, 0.1) is 12.8 Å². The van der Waals surface area contributed by atoms with Crippen LogP contribution in [0.25, 0.3) is 6.08 Å². The normalized spacial score (nSPS) is 21.0. The second-order valence-corrected chi connectivity index (χ2v) is 5.89. The van der Waals surface area contributed by atoms with Crippen molar-refractivity contribution in [2.24, 2.45) is 0 Å². The third-order valence-electron chi connectivity index (χ3n) is 4.29. The molecule has 2 nitrogen and oxygen atoms in total. The van der Waals surface area contributed by atoms with E-state index in [0.717, 1.165) is 12.3 Å². The van der Waals surface area contributed by atoms with Crippen molar-refractivity contribution in [3.63, 3.8) is 0 Å². The van der Waals surface area contributed by atoms with Crippen molar-refractivity contribution in [3.8, 4) is 0 Å². The van der Waals surface area contributed by atoms with Crippen LogP contribution < -0.4 is 0 Å². The Balaban J connectivity index is 1.76. The van der Waals surface area contributed by atoms with E-state index in [9.17, 15) is 0 Å². The van der Waals surface area contributed by atoms with Gasteiger partial charge in [0.2, 0.25) is 0 Å². The molecule has 0 saturated heterocycles. The molecule has 110 valence electrons. The minimum atomic E-state index is 0.532. The Morgan fingerprint density at radius 3 is 2.76 bits per heavy atom. The lowest BCUT2D eigenvalue weighted by molar-refractivity contribution is 0.215. The zero-order valence-electron chi connectivity index (χ0n) is 12.7. The second-order valence-electron chi connectivity index (χ2n) is 5.89. The molecule has 0 spiro atoms. The molecule has 0 bridgehead atoms. The van der Waals surface area contributed by atoms with Crippen molar-refractivity contribution in [2.75, 3.05) is 7.05 Å². The summed E-state index contributed by atoms with van der Waals surface area (Å²) in [7, 11) is 2.21. The Morgan fingerprint density at radius 1 is 1.14 bits per heavy atom. The van der Waals surface area contributed by atoms with Gasteiger partial charge in [0, 0.05) is 6.04 Å². The summed E-state index contributed by atoms with van der Waals surface area (Å²) >= 11 is 0. The van der Waals surface area contributed by atoms with Crippen molar-refractivity contribution in [3.05, 3.63) is 65.6 Å². The smallest absolute Gasteiger partial charge is 0.117 e. The molecule has 1 aliphatic rings. The Morgan fingerprint density at radius 2 is 2.00 bits per heavy atom. The van der Waals surface area contributed by atoms with E-state index in [4.69, 9.17) is 4.42 Å². The van der Waals surface area contributed by atoms with Gasteiger partial charge in [-0.25, -0.2) is 0 Å². The predicted octanol–water partition coefficient (Wildman–Crippen LogP) is 4.74. The van der Waals surface area contributed by atoms with Gasteiger partial charge in [0.25, 0.3) is 0 Å². The van der Waals surface area contributed by atoms with Crippen LogP contribution in [0.2, 0.25) is 0 Å². The fourth-order valence-corrected chi connectivity index (χ4v) is 3.21. The minimum Gasteiger partial charge on any atom is -0.468 e. The maximum Gasteiger partial charge on any atom is 0.117 e. The van der Waals surface area contributed by atoms with Crippen LogP contribution in [0.4, 0.5) is 0 Å². The summed E-state index contributed by atoms with van der Waals surface area (Å²) in [6, 6.07) is 15.2. The van der Waals surface area contributed by atoms with Gasteiger partial charge in [-0.1, -0.05) is 48.4 Å². The summed E-state index contributed by atoms with van der Waals surface area (Å²) in [5.74, 6) is 1.04. The molecule has 1 atom stereocenters. The fourth-order valence-electron chi connectivity index (χ4n) is 3.21. The number of nitrogens with zero attached hydrogens (tertiary/aromatic N) is 1. The molecule has 0 radical (unpaired) electrons. The van der Waals surface area contributed by atoms with Crippen LogP contribution in [-0.4, -0.2) is 18.0 Å². The van der Waals surface area contributed by atoms with Gasteiger partial charge in [0.15, 0.2) is 0 Å². The van der Waals surface area contributed by atoms with Crippen LogP contribution >= 0.6 is 0 Å². The summed E-state index contributed by atoms with van der Waals surface area (Å²) < 4.78 is 5.49. The third-order valence-corrected chi connectivity index (χ3v) is 4.29. The Labute approximate surface area is 127 Å². The predicted molar refractivity (Wildman–Crippen MR) is 86.9 cm³/mol. The van der Waals surface area contributed by atoms with Gasteiger partial charge in [-0.15, -0.1) is 0 Å². The summed E-state index contributed by atoms with van der Waals surface area (Å²) in [4.78, 5) is 2.42. The first kappa shape index (κ1) is 14.2. The first-order valence-electron chi connectivity index (χ1n) is 7.81. The van der Waals surface area contributed by atoms with E-state index in [0.29, 0.717) is 6.04 Å². The van der Waals surface area contributed by atoms with Gasteiger partial charge < -0.3 is 4.42 Å². The molecule has 1 aromatic heterocycles. The highest BCUT2D eigenvalue weighted by molar-refractivity contribution is 5.54. The molecule has 1 fully saturated rings. The maximum atomic E-state index is 5.49. The molecule has 3 rings (SSSR count). The van der Waals surface area contributed by atoms with Crippen molar-refractivity contribution >= 4 is 6.08 Å². The molecule has 1 aliphatic carbocycles. The first-order chi connectivity index (χ1) is 10.3. The van der Waals surface area contributed by atoms with Crippen LogP contribution in [0.3, 0.4) is 0 Å². The molecule has 1 heterocycles. The van der Waals surface area contributed by atoms with Crippen LogP contribution in [-0.2, 0) is 6.54 Å². The quantitative estimate of drug-likeness (QED) is 0.805. The highest BCUT2D eigenvalue weighted by Crippen LogP contribution is 2.29. The lowest BCUT2D eigenvalue weighted by Gasteiger charge is -2.33. The molecular weight excluding hydrogens is 258 g/mol. The number of hydrogen-bond acceptors (Lipinski definition) is 2. The van der Waals surface area contributed by atoms with Gasteiger partial charge >= 0.3 is 0 Å². The van der Waals surface area contributed by atoms with Crippen molar-refractivity contribution < 1.29 is 4.42 Å². The SMILES string of the molecule is CN(Cc1ccco1)C1CCCCC1=Cc1ccccc1. The van der Waals surface area contributed by atoms with Crippen molar-refractivity contribution in [1.82, 2.24) is 4.90 Å². The highest BCUT2D eigenvalue weighted by Gasteiger charge is 2.23. The summed E-state index contributed by atoms with van der Waals surface area (Å²) in [5.41, 5.74) is 2.87. The average Bonchev–Trinajstić information content (AvgIpc) is 3.02. The fraction of sp³-hybridized carbons (Fsp3) is 0.368. The Hall–Kier alpha value is -1.80. The summed E-state index contributed by atoms with van der Waals surface area (Å²) in [6.45, 7) is 0.879. The van der Waals surface area contributed by atoms with E-state index in [1.54, 1.807) is 11.8 Å². The molecular formula is C19H23NO. The van der Waals surface area contributed by atoms with Gasteiger partial charge in [-0.3, -0.25) is 4.90 Å². The van der Waals surface area contributed by atoms with E-state index < -0.39 is 0 Å². The number of hydrogen-bond donors (Lipinski definition) is 0. The lowest BCUT2D eigenvalue weighted by atomic mass is 9.87. The maximum absolute atomic E-state index is 5.49. The summed E-state index contributed by atoms with van der Waals surface area (Å²) in [6.07, 6.45) is 9.22. The van der Waals surface area contributed by atoms with Crippen LogP contribution in [0.1, 0.15) is 37.0 Å². The monoisotopic (exact) mass is 281 g/mol. The number of furan rings is 1. The number of likely N-dealkylation sites (N-methyl/N-ethyl adjacent to an activating group) is 1. The van der Waals surface area contributed by atoms with Gasteiger partial charge in [-0.2, -0.15) is 0 Å². The molecule has 1 aromatic carbocycles. The van der Waals surface area contributed by atoms with E-state index in [2.05, 4.69) is 54.4 Å². The van der Waals surface area contributed by atoms with Crippen LogP contribution in [0, 0.1) is 0 Å². The third kappa shape index (κ3) is 3.64. The summed E-state index contributed by atoms with van der Waals surface area (Å²) in [5, 5.41) is 0. The Bertz CT molecular complexity index is 571. The van der Waals surface area contributed by atoms with E-state index in [1.165, 1.54) is 31.2 Å². The molecule has 21 heavy (non-hydrogen) atoms. The van der Waals surface area contributed by atoms with Crippen molar-refractivity contribution in [1.29, 1.82) is 0 Å². The highest BCUT2D eigenvalue weighted by atomic mass is 16.3. The van der Waals surface area contributed by atoms with Crippen LogP contribution in [0.5, 0.6) is 0 Å². The minimum absolute atomic E-state index is 0.532. The molecule has 2 aromatic rings. The zero-order valence-corrected chi connectivity index (χ0v) is 12.7. The van der Waals surface area contributed by atoms with Gasteiger partial charge in [0.1, 0.15) is 5.76 Å². The number of rotatable bonds is 4. The van der Waals surface area contributed by atoms with E-state index >= 15 is 0 Å². The zero-order chi connectivity index (χ0) is 14.5. The molecule has 2 heteroatoms. The topological polar surface area (TPSA) is 16.4 Å². The molecule has 0 aliphatic heterocycles. The molecule has 1 unspecified atom stereocenters. The van der Waals surface area contributed by atoms with Gasteiger partial charge in [-0.05, 0) is 44.0 Å². The van der Waals surface area contributed by atoms with E-state index in [1.807, 2.05) is 6.07 Å². The van der Waals surface area contributed by atoms with Crippen LogP contribution in [0.15, 0.2) is 58.7 Å². The average molecular weight is 281 g/mol. The molecule has 0 N–H and O–H groups in total. The largest absolute Gasteiger partial charge is 0.468 e. The lowest BCUT2D eigenvalue weighted by Crippen LogP contribution is -2.34. The Kier molecular flexibility index (Phi) is 4.56. The molecule has 1 saturated carbocycles. The first-order valence-corrected chi connectivity index (χ1v) is 7.81. The second kappa shape index (κ2) is 6.77. The van der Waals surface area contributed by atoms with Crippen molar-refractivity contribution in [2.45, 2.75) is 38.3 Å².